The lowest BCUT2D eigenvalue weighted by Gasteiger charge is -2.17. The molecule has 2 heteroatoms. The Morgan fingerprint density at radius 1 is 1.05 bits per heavy atom. The lowest BCUT2D eigenvalue weighted by Crippen LogP contribution is -2.11. The molecule has 2 aromatic rings. The molecule has 0 fully saturated rings. The molecule has 0 saturated carbocycles. The zero-order chi connectivity index (χ0) is 14.5. The average molecular weight is 268 g/mol. The van der Waals surface area contributed by atoms with Crippen molar-refractivity contribution < 1.29 is 0 Å². The minimum atomic E-state index is 0.314. The van der Waals surface area contributed by atoms with Crippen LogP contribution in [-0.4, -0.2) is 19.0 Å². The molecule has 0 heterocycles. The highest BCUT2D eigenvalue weighted by molar-refractivity contribution is 5.47. The molecule has 0 radical (unpaired) electrons. The van der Waals surface area contributed by atoms with Gasteiger partial charge in [-0.25, -0.2) is 0 Å². The summed E-state index contributed by atoms with van der Waals surface area (Å²) in [5.74, 6) is 0. The predicted octanol–water partition coefficient (Wildman–Crippen LogP) is 4.23. The number of nitrogens with zero attached hydrogens (tertiary/aromatic N) is 1. The van der Waals surface area contributed by atoms with E-state index in [9.17, 15) is 0 Å². The Kier molecular flexibility index (Phi) is 4.80. The van der Waals surface area contributed by atoms with Gasteiger partial charge in [0.1, 0.15) is 0 Å². The highest BCUT2D eigenvalue weighted by Gasteiger charge is 2.05. The first-order chi connectivity index (χ1) is 9.54. The first-order valence-electron chi connectivity index (χ1n) is 7.11. The van der Waals surface area contributed by atoms with E-state index < -0.39 is 0 Å². The molecule has 0 bridgehead atoms. The molecule has 0 aliphatic carbocycles. The summed E-state index contributed by atoms with van der Waals surface area (Å²) in [5, 5.41) is 3.55. The van der Waals surface area contributed by atoms with E-state index in [1.165, 1.54) is 22.4 Å². The highest BCUT2D eigenvalue weighted by atomic mass is 15.0. The second-order valence-electron chi connectivity index (χ2n) is 5.71. The summed E-state index contributed by atoms with van der Waals surface area (Å²) in [6.45, 7) is 5.31. The molecule has 0 spiro atoms. The normalized spacial score (nSPS) is 12.4. The Hall–Kier alpha value is -1.80. The molecule has 0 aliphatic heterocycles. The predicted molar refractivity (Wildman–Crippen MR) is 87.0 cm³/mol. The smallest absolute Gasteiger partial charge is 0.0485 e. The summed E-state index contributed by atoms with van der Waals surface area (Å²) in [7, 11) is 4.18. The second kappa shape index (κ2) is 6.58. The Balaban J connectivity index is 2.02. The number of hydrogen-bond acceptors (Lipinski definition) is 2. The lowest BCUT2D eigenvalue weighted by molar-refractivity contribution is 0.402. The van der Waals surface area contributed by atoms with Crippen molar-refractivity contribution in [3.63, 3.8) is 0 Å². The summed E-state index contributed by atoms with van der Waals surface area (Å²) < 4.78 is 0. The van der Waals surface area contributed by atoms with E-state index in [4.69, 9.17) is 0 Å². The van der Waals surface area contributed by atoms with Crippen molar-refractivity contribution in [2.45, 2.75) is 26.4 Å². The van der Waals surface area contributed by atoms with Gasteiger partial charge in [-0.15, -0.1) is 0 Å². The van der Waals surface area contributed by atoms with Gasteiger partial charge >= 0.3 is 0 Å². The monoisotopic (exact) mass is 268 g/mol. The molecule has 0 saturated heterocycles. The molecule has 0 aromatic heterocycles. The van der Waals surface area contributed by atoms with Gasteiger partial charge in [0.25, 0.3) is 0 Å². The first-order valence-corrected chi connectivity index (χ1v) is 7.11. The van der Waals surface area contributed by atoms with Crippen LogP contribution in [0.25, 0.3) is 0 Å². The molecule has 2 rings (SSSR count). The lowest BCUT2D eigenvalue weighted by atomic mass is 10.1. The Morgan fingerprint density at radius 2 is 1.75 bits per heavy atom. The van der Waals surface area contributed by atoms with E-state index in [-0.39, 0.29) is 0 Å². The molecule has 20 heavy (non-hydrogen) atoms. The Morgan fingerprint density at radius 3 is 2.35 bits per heavy atom. The van der Waals surface area contributed by atoms with Gasteiger partial charge in [-0.3, -0.25) is 0 Å². The number of hydrogen-bond donors (Lipinski definition) is 1. The molecule has 0 amide bonds. The summed E-state index contributed by atoms with van der Waals surface area (Å²) in [6.07, 6.45) is 0. The van der Waals surface area contributed by atoms with Crippen molar-refractivity contribution in [3.05, 3.63) is 65.2 Å². The third kappa shape index (κ3) is 4.10. The average Bonchev–Trinajstić information content (AvgIpc) is 2.40. The van der Waals surface area contributed by atoms with E-state index in [1.54, 1.807) is 0 Å². The number of nitrogens with one attached hydrogen (secondary N) is 1. The maximum absolute atomic E-state index is 3.55. The maximum atomic E-state index is 3.55. The fraction of sp³-hybridized carbons (Fsp3) is 0.333. The van der Waals surface area contributed by atoms with Crippen molar-refractivity contribution >= 4 is 5.69 Å². The van der Waals surface area contributed by atoms with Crippen LogP contribution in [0.2, 0.25) is 0 Å². The standard InChI is InChI=1S/C18H24N2/c1-14-6-5-7-17(12-14)15(2)19-18-10-8-16(9-11-18)13-20(3)4/h5-12,15,19H,13H2,1-4H3. The van der Waals surface area contributed by atoms with Gasteiger partial charge in [-0.2, -0.15) is 0 Å². The van der Waals surface area contributed by atoms with E-state index >= 15 is 0 Å². The number of rotatable bonds is 5. The summed E-state index contributed by atoms with van der Waals surface area (Å²) in [6, 6.07) is 17.7. The molecule has 1 atom stereocenters. The summed E-state index contributed by atoms with van der Waals surface area (Å²) in [5.41, 5.74) is 5.13. The molecule has 2 aromatic carbocycles. The maximum Gasteiger partial charge on any atom is 0.0485 e. The van der Waals surface area contributed by atoms with Gasteiger partial charge < -0.3 is 10.2 Å². The van der Waals surface area contributed by atoms with Gasteiger partial charge in [-0.05, 0) is 51.2 Å². The second-order valence-corrected chi connectivity index (χ2v) is 5.71. The van der Waals surface area contributed by atoms with Gasteiger partial charge in [0.15, 0.2) is 0 Å². The van der Waals surface area contributed by atoms with Gasteiger partial charge in [-0.1, -0.05) is 42.0 Å². The van der Waals surface area contributed by atoms with Crippen molar-refractivity contribution in [2.24, 2.45) is 0 Å². The number of aryl methyl sites for hydroxylation is 1. The van der Waals surface area contributed by atoms with E-state index in [0.29, 0.717) is 6.04 Å². The van der Waals surface area contributed by atoms with Crippen LogP contribution in [0.4, 0.5) is 5.69 Å². The molecular weight excluding hydrogens is 244 g/mol. The van der Waals surface area contributed by atoms with Crippen LogP contribution in [0.1, 0.15) is 29.7 Å². The van der Waals surface area contributed by atoms with Crippen LogP contribution in [0.15, 0.2) is 48.5 Å². The van der Waals surface area contributed by atoms with Crippen LogP contribution < -0.4 is 5.32 Å². The van der Waals surface area contributed by atoms with Crippen molar-refractivity contribution in [2.75, 3.05) is 19.4 Å². The van der Waals surface area contributed by atoms with Crippen LogP contribution in [-0.2, 0) is 6.54 Å². The Bertz CT molecular complexity index is 544. The van der Waals surface area contributed by atoms with Crippen molar-refractivity contribution in [1.82, 2.24) is 4.90 Å². The SMILES string of the molecule is Cc1cccc(C(C)Nc2ccc(CN(C)C)cc2)c1. The third-order valence-electron chi connectivity index (χ3n) is 3.38. The van der Waals surface area contributed by atoms with Crippen LogP contribution in [0.3, 0.4) is 0 Å². The zero-order valence-corrected chi connectivity index (χ0v) is 12.9. The van der Waals surface area contributed by atoms with Crippen LogP contribution in [0.5, 0.6) is 0 Å². The van der Waals surface area contributed by atoms with Crippen LogP contribution in [0, 0.1) is 6.92 Å². The molecule has 1 N–H and O–H groups in total. The van der Waals surface area contributed by atoms with Gasteiger partial charge in [0.05, 0.1) is 0 Å². The minimum absolute atomic E-state index is 0.314. The summed E-state index contributed by atoms with van der Waals surface area (Å²) in [4.78, 5) is 2.18. The molecule has 1 unspecified atom stereocenters. The van der Waals surface area contributed by atoms with E-state index in [1.807, 2.05) is 0 Å². The first kappa shape index (κ1) is 14.6. The van der Waals surface area contributed by atoms with Gasteiger partial charge in [0.2, 0.25) is 0 Å². The fourth-order valence-corrected chi connectivity index (χ4v) is 2.34. The van der Waals surface area contributed by atoms with Crippen molar-refractivity contribution in [3.8, 4) is 0 Å². The van der Waals surface area contributed by atoms with Crippen LogP contribution >= 0.6 is 0 Å². The highest BCUT2D eigenvalue weighted by Crippen LogP contribution is 2.20. The number of benzene rings is 2. The van der Waals surface area contributed by atoms with Gasteiger partial charge in [0, 0.05) is 18.3 Å². The fourth-order valence-electron chi connectivity index (χ4n) is 2.34. The quantitative estimate of drug-likeness (QED) is 0.873. The van der Waals surface area contributed by atoms with Crippen molar-refractivity contribution in [1.29, 1.82) is 0 Å². The van der Waals surface area contributed by atoms with E-state index in [2.05, 4.69) is 86.7 Å². The minimum Gasteiger partial charge on any atom is -0.379 e. The molecule has 2 nitrogen and oxygen atoms in total. The zero-order valence-electron chi connectivity index (χ0n) is 12.9. The topological polar surface area (TPSA) is 15.3 Å². The largest absolute Gasteiger partial charge is 0.379 e. The third-order valence-corrected chi connectivity index (χ3v) is 3.38. The molecule has 0 aliphatic rings. The van der Waals surface area contributed by atoms with E-state index in [0.717, 1.165) is 6.54 Å². The molecule has 106 valence electrons. The number of anilines is 1. The Labute approximate surface area is 122 Å². The molecular formula is C18H24N2. The summed E-state index contributed by atoms with van der Waals surface area (Å²) >= 11 is 0.